The van der Waals surface area contributed by atoms with Gasteiger partial charge in [-0.15, -0.1) is 0 Å². The highest BCUT2D eigenvalue weighted by Gasteiger charge is 2.11. The quantitative estimate of drug-likeness (QED) is 0.616. The molecule has 26 heavy (non-hydrogen) atoms. The van der Waals surface area contributed by atoms with Gasteiger partial charge in [-0.2, -0.15) is 0 Å². The van der Waals surface area contributed by atoms with Crippen molar-refractivity contribution in [3.8, 4) is 11.3 Å². The van der Waals surface area contributed by atoms with Crippen molar-refractivity contribution in [2.45, 2.75) is 6.54 Å². The molecular weight excluding hydrogens is 324 g/mol. The van der Waals surface area contributed by atoms with Gasteiger partial charge in [0.15, 0.2) is 0 Å². The number of carbonyl (C=O) groups is 1. The van der Waals surface area contributed by atoms with E-state index in [0.717, 1.165) is 27.6 Å². The maximum absolute atomic E-state index is 12.6. The topological polar surface area (TPSA) is 67.8 Å². The average molecular weight is 340 g/mol. The zero-order chi connectivity index (χ0) is 17.8. The van der Waals surface area contributed by atoms with Crippen LogP contribution in [0.2, 0.25) is 0 Å². The molecule has 0 radical (unpaired) electrons. The molecule has 0 saturated heterocycles. The summed E-state index contributed by atoms with van der Waals surface area (Å²) in [6.07, 6.45) is 6.89. The summed E-state index contributed by atoms with van der Waals surface area (Å²) in [4.78, 5) is 25.3. The standard InChI is InChI=1S/C21H16N4O/c26-21(20-18-6-2-1-4-16(18)8-11-24-20)25-13-15-7-10-23-19(12-15)17-5-3-9-22-14-17/h1-12,14H,13H2,(H,25,26). The van der Waals surface area contributed by atoms with E-state index in [4.69, 9.17) is 0 Å². The third kappa shape index (κ3) is 3.28. The molecule has 0 aliphatic heterocycles. The number of nitrogens with one attached hydrogen (secondary N) is 1. The number of nitrogens with zero attached hydrogens (tertiary/aromatic N) is 3. The van der Waals surface area contributed by atoms with E-state index in [9.17, 15) is 4.79 Å². The van der Waals surface area contributed by atoms with Crippen LogP contribution in [0.4, 0.5) is 0 Å². The van der Waals surface area contributed by atoms with Crippen molar-refractivity contribution in [1.29, 1.82) is 0 Å². The number of carbonyl (C=O) groups excluding carboxylic acids is 1. The van der Waals surface area contributed by atoms with Gasteiger partial charge in [0, 0.05) is 42.3 Å². The highest BCUT2D eigenvalue weighted by atomic mass is 16.1. The lowest BCUT2D eigenvalue weighted by Crippen LogP contribution is -2.24. The SMILES string of the molecule is O=C(NCc1ccnc(-c2cccnc2)c1)c1nccc2ccccc12. The van der Waals surface area contributed by atoms with Crippen LogP contribution in [-0.2, 0) is 6.54 Å². The maximum atomic E-state index is 12.6. The third-order valence-electron chi connectivity index (χ3n) is 4.12. The molecule has 0 unspecified atom stereocenters. The molecule has 4 aromatic rings. The van der Waals surface area contributed by atoms with Gasteiger partial charge in [0.2, 0.25) is 0 Å². The van der Waals surface area contributed by atoms with Crippen molar-refractivity contribution >= 4 is 16.7 Å². The first-order valence-corrected chi connectivity index (χ1v) is 8.28. The Labute approximate surface area is 150 Å². The van der Waals surface area contributed by atoms with Crippen LogP contribution < -0.4 is 5.32 Å². The fourth-order valence-corrected chi connectivity index (χ4v) is 2.82. The summed E-state index contributed by atoms with van der Waals surface area (Å²) >= 11 is 0. The van der Waals surface area contributed by atoms with Crippen molar-refractivity contribution in [3.63, 3.8) is 0 Å². The molecule has 0 atom stereocenters. The number of fused-ring (bicyclic) bond motifs is 1. The monoisotopic (exact) mass is 340 g/mol. The molecular formula is C21H16N4O. The van der Waals surface area contributed by atoms with Crippen molar-refractivity contribution < 1.29 is 4.79 Å². The predicted molar refractivity (Wildman–Crippen MR) is 100 cm³/mol. The van der Waals surface area contributed by atoms with E-state index in [1.165, 1.54) is 0 Å². The smallest absolute Gasteiger partial charge is 0.270 e. The van der Waals surface area contributed by atoms with Crippen LogP contribution in [0.1, 0.15) is 16.1 Å². The summed E-state index contributed by atoms with van der Waals surface area (Å²) in [6.45, 7) is 0.402. The molecule has 0 spiro atoms. The van der Waals surface area contributed by atoms with E-state index >= 15 is 0 Å². The summed E-state index contributed by atoms with van der Waals surface area (Å²) < 4.78 is 0. The zero-order valence-electron chi connectivity index (χ0n) is 14.0. The van der Waals surface area contributed by atoms with Crippen LogP contribution in [0.25, 0.3) is 22.0 Å². The van der Waals surface area contributed by atoms with Gasteiger partial charge in [0.1, 0.15) is 5.69 Å². The summed E-state index contributed by atoms with van der Waals surface area (Å²) in [5, 5.41) is 4.78. The average Bonchev–Trinajstić information content (AvgIpc) is 2.72. The molecule has 1 amide bonds. The number of aromatic nitrogens is 3. The Morgan fingerprint density at radius 2 is 1.81 bits per heavy atom. The van der Waals surface area contributed by atoms with Crippen molar-refractivity contribution in [2.75, 3.05) is 0 Å². The van der Waals surface area contributed by atoms with Gasteiger partial charge >= 0.3 is 0 Å². The molecule has 0 bridgehead atoms. The molecule has 0 aliphatic carbocycles. The molecule has 3 aromatic heterocycles. The van der Waals surface area contributed by atoms with Crippen LogP contribution in [0.5, 0.6) is 0 Å². The Hall–Kier alpha value is -3.60. The Morgan fingerprint density at radius 3 is 2.69 bits per heavy atom. The second kappa shape index (κ2) is 7.11. The van der Waals surface area contributed by atoms with Crippen LogP contribution in [-0.4, -0.2) is 20.9 Å². The largest absolute Gasteiger partial charge is 0.347 e. The second-order valence-electron chi connectivity index (χ2n) is 5.85. The molecule has 4 rings (SSSR count). The number of rotatable bonds is 4. The molecule has 0 saturated carbocycles. The van der Waals surface area contributed by atoms with E-state index in [1.54, 1.807) is 24.8 Å². The van der Waals surface area contributed by atoms with Gasteiger partial charge in [-0.25, -0.2) is 0 Å². The Bertz CT molecular complexity index is 1060. The Balaban J connectivity index is 1.53. The first-order valence-electron chi connectivity index (χ1n) is 8.28. The molecule has 0 aliphatic rings. The number of hydrogen-bond donors (Lipinski definition) is 1. The molecule has 3 heterocycles. The number of pyridine rings is 3. The van der Waals surface area contributed by atoms with Crippen LogP contribution in [0.15, 0.2) is 79.4 Å². The molecule has 1 N–H and O–H groups in total. The van der Waals surface area contributed by atoms with Crippen LogP contribution in [0, 0.1) is 0 Å². The first-order chi connectivity index (χ1) is 12.8. The van der Waals surface area contributed by atoms with Crippen LogP contribution >= 0.6 is 0 Å². The molecule has 1 aromatic carbocycles. The van der Waals surface area contributed by atoms with Gasteiger partial charge in [-0.3, -0.25) is 19.7 Å². The van der Waals surface area contributed by atoms with Gasteiger partial charge in [0.25, 0.3) is 5.91 Å². The molecule has 5 heteroatoms. The highest BCUT2D eigenvalue weighted by molar-refractivity contribution is 6.05. The molecule has 5 nitrogen and oxygen atoms in total. The number of hydrogen-bond acceptors (Lipinski definition) is 4. The lowest BCUT2D eigenvalue weighted by Gasteiger charge is -2.08. The minimum absolute atomic E-state index is 0.193. The van der Waals surface area contributed by atoms with E-state index in [-0.39, 0.29) is 5.91 Å². The maximum Gasteiger partial charge on any atom is 0.270 e. The lowest BCUT2D eigenvalue weighted by molar-refractivity contribution is 0.0948. The van der Waals surface area contributed by atoms with E-state index in [2.05, 4.69) is 20.3 Å². The lowest BCUT2D eigenvalue weighted by atomic mass is 10.1. The van der Waals surface area contributed by atoms with Crippen LogP contribution in [0.3, 0.4) is 0 Å². The summed E-state index contributed by atoms with van der Waals surface area (Å²) in [6, 6.07) is 17.3. The first kappa shape index (κ1) is 15.9. The highest BCUT2D eigenvalue weighted by Crippen LogP contribution is 2.18. The van der Waals surface area contributed by atoms with Gasteiger partial charge in [-0.1, -0.05) is 24.3 Å². The zero-order valence-corrected chi connectivity index (χ0v) is 14.0. The van der Waals surface area contributed by atoms with Gasteiger partial charge in [-0.05, 0) is 41.3 Å². The predicted octanol–water partition coefficient (Wildman–Crippen LogP) is 3.62. The number of benzene rings is 1. The third-order valence-corrected chi connectivity index (χ3v) is 4.12. The normalized spacial score (nSPS) is 10.6. The van der Waals surface area contributed by atoms with Crippen molar-refractivity contribution in [2.24, 2.45) is 0 Å². The summed E-state index contributed by atoms with van der Waals surface area (Å²) in [5.74, 6) is -0.193. The van der Waals surface area contributed by atoms with Gasteiger partial charge in [0.05, 0.1) is 5.69 Å². The van der Waals surface area contributed by atoms with E-state index in [0.29, 0.717) is 12.2 Å². The minimum Gasteiger partial charge on any atom is -0.347 e. The Kier molecular flexibility index (Phi) is 4.35. The minimum atomic E-state index is -0.193. The van der Waals surface area contributed by atoms with Crippen molar-refractivity contribution in [3.05, 3.63) is 90.6 Å². The second-order valence-corrected chi connectivity index (χ2v) is 5.85. The van der Waals surface area contributed by atoms with E-state index < -0.39 is 0 Å². The summed E-state index contributed by atoms with van der Waals surface area (Å²) in [7, 11) is 0. The number of amides is 1. The fourth-order valence-electron chi connectivity index (χ4n) is 2.82. The molecule has 126 valence electrons. The van der Waals surface area contributed by atoms with Crippen molar-refractivity contribution in [1.82, 2.24) is 20.3 Å². The molecule has 0 fully saturated rings. The fraction of sp³-hybridized carbons (Fsp3) is 0.0476. The van der Waals surface area contributed by atoms with Gasteiger partial charge < -0.3 is 5.32 Å². The Morgan fingerprint density at radius 1 is 0.923 bits per heavy atom. The van der Waals surface area contributed by atoms with E-state index in [1.807, 2.05) is 54.6 Å². The summed E-state index contributed by atoms with van der Waals surface area (Å²) in [5.41, 5.74) is 3.17.